The third-order valence-electron chi connectivity index (χ3n) is 5.76. The number of carbonyl (C=O) groups excluding carboxylic acids is 1. The van der Waals surface area contributed by atoms with Crippen LogP contribution in [0, 0.1) is 0 Å². The van der Waals surface area contributed by atoms with Crippen LogP contribution in [-0.4, -0.2) is 43.0 Å². The van der Waals surface area contributed by atoms with Gasteiger partial charge in [-0.05, 0) is 77.0 Å². The number of anilines is 2. The van der Waals surface area contributed by atoms with E-state index in [1.54, 1.807) is 11.8 Å². The molecule has 1 amide bonds. The van der Waals surface area contributed by atoms with Gasteiger partial charge in [-0.2, -0.15) is 0 Å². The fourth-order valence-corrected chi connectivity index (χ4v) is 5.32. The van der Waals surface area contributed by atoms with E-state index in [4.69, 9.17) is 0 Å². The van der Waals surface area contributed by atoms with Crippen molar-refractivity contribution < 1.29 is 4.79 Å². The molecule has 0 radical (unpaired) electrons. The predicted octanol–water partition coefficient (Wildman–Crippen LogP) is 5.89. The first-order valence-corrected chi connectivity index (χ1v) is 11.7. The molecule has 2 aromatic rings. The molecule has 1 saturated heterocycles. The van der Waals surface area contributed by atoms with E-state index in [0.29, 0.717) is 18.2 Å². The Morgan fingerprint density at radius 1 is 1.10 bits per heavy atom. The van der Waals surface area contributed by atoms with Crippen molar-refractivity contribution in [2.45, 2.75) is 49.4 Å². The highest BCUT2D eigenvalue weighted by molar-refractivity contribution is 7.99. The Morgan fingerprint density at radius 2 is 1.81 bits per heavy atom. The predicted molar refractivity (Wildman–Crippen MR) is 133 cm³/mol. The average molecular weight is 458 g/mol. The maximum atomic E-state index is 12.7. The third kappa shape index (κ3) is 5.46. The summed E-state index contributed by atoms with van der Waals surface area (Å²) in [5, 5.41) is 3.01. The van der Waals surface area contributed by atoms with Gasteiger partial charge in [0.2, 0.25) is 0 Å². The van der Waals surface area contributed by atoms with Crippen molar-refractivity contribution in [3.63, 3.8) is 0 Å². The summed E-state index contributed by atoms with van der Waals surface area (Å²) in [6.45, 7) is 10.4. The minimum atomic E-state index is -0.0219. The molecule has 6 heteroatoms. The minimum Gasteiger partial charge on any atom is -0.349 e. The maximum Gasteiger partial charge on any atom is 0.251 e. The van der Waals surface area contributed by atoms with Crippen LogP contribution in [0.1, 0.15) is 44.0 Å². The normalized spacial score (nSPS) is 16.0. The molecule has 1 atom stereocenters. The van der Waals surface area contributed by atoms with Gasteiger partial charge in [0.1, 0.15) is 0 Å². The molecule has 4 rings (SSSR count). The average Bonchev–Trinajstić information content (AvgIpc) is 3.24. The number of fused-ring (bicyclic) bond motifs is 2. The summed E-state index contributed by atoms with van der Waals surface area (Å²) in [6.07, 6.45) is 4.63. The van der Waals surface area contributed by atoms with Crippen molar-refractivity contribution in [3.8, 4) is 0 Å². The highest BCUT2D eigenvalue weighted by atomic mass is 35.5. The third-order valence-corrected chi connectivity index (χ3v) is 6.89. The zero-order valence-corrected chi connectivity index (χ0v) is 20.2. The summed E-state index contributed by atoms with van der Waals surface area (Å²) in [6, 6.07) is 15.0. The number of hydrogen-bond acceptors (Lipinski definition) is 4. The Labute approximate surface area is 196 Å². The van der Waals surface area contributed by atoms with Gasteiger partial charge in [-0.25, -0.2) is 0 Å². The summed E-state index contributed by atoms with van der Waals surface area (Å²) in [5.41, 5.74) is 4.30. The van der Waals surface area contributed by atoms with Gasteiger partial charge in [-0.15, -0.1) is 12.4 Å². The molecule has 2 aromatic carbocycles. The van der Waals surface area contributed by atoms with Crippen molar-refractivity contribution in [1.29, 1.82) is 0 Å². The fourth-order valence-electron chi connectivity index (χ4n) is 4.27. The van der Waals surface area contributed by atoms with Crippen LogP contribution in [0.25, 0.3) is 0 Å². The SMILES string of the molecule is CC(C)=CCNC(=O)c1ccc2c(c1)N(C(C)CN1CCCC1)c1ccccc1S2.Cl. The number of nitrogens with one attached hydrogen (secondary N) is 1. The van der Waals surface area contributed by atoms with E-state index in [9.17, 15) is 4.79 Å². The van der Waals surface area contributed by atoms with E-state index in [1.807, 2.05) is 26.0 Å². The minimum absolute atomic E-state index is 0. The number of likely N-dealkylation sites (tertiary alicyclic amines) is 1. The van der Waals surface area contributed by atoms with Crippen molar-refractivity contribution in [3.05, 3.63) is 59.7 Å². The number of amides is 1. The molecule has 1 fully saturated rings. The lowest BCUT2D eigenvalue weighted by molar-refractivity contribution is 0.0958. The number of benzene rings is 2. The molecule has 2 heterocycles. The number of rotatable bonds is 6. The molecule has 0 aromatic heterocycles. The van der Waals surface area contributed by atoms with Crippen LogP contribution in [0.4, 0.5) is 11.4 Å². The first-order chi connectivity index (χ1) is 14.5. The van der Waals surface area contributed by atoms with Crippen LogP contribution in [0.3, 0.4) is 0 Å². The number of para-hydroxylation sites is 1. The van der Waals surface area contributed by atoms with Gasteiger partial charge in [0, 0.05) is 34.5 Å². The second-order valence-corrected chi connectivity index (χ2v) is 9.55. The zero-order valence-electron chi connectivity index (χ0n) is 18.6. The smallest absolute Gasteiger partial charge is 0.251 e. The molecule has 2 aliphatic rings. The summed E-state index contributed by atoms with van der Waals surface area (Å²) in [4.78, 5) is 20.2. The first kappa shape index (κ1) is 23.7. The number of hydrogen-bond donors (Lipinski definition) is 1. The van der Waals surface area contributed by atoms with E-state index >= 15 is 0 Å². The van der Waals surface area contributed by atoms with Crippen LogP contribution in [0.5, 0.6) is 0 Å². The molecule has 1 N–H and O–H groups in total. The second kappa shape index (κ2) is 10.6. The summed E-state index contributed by atoms with van der Waals surface area (Å²) in [7, 11) is 0. The summed E-state index contributed by atoms with van der Waals surface area (Å²) in [5.74, 6) is -0.0219. The Balaban J connectivity index is 0.00000272. The summed E-state index contributed by atoms with van der Waals surface area (Å²) < 4.78 is 0. The number of carbonyl (C=O) groups is 1. The van der Waals surface area contributed by atoms with E-state index in [1.165, 1.54) is 47.0 Å². The van der Waals surface area contributed by atoms with E-state index in [0.717, 1.165) is 12.2 Å². The Morgan fingerprint density at radius 3 is 2.55 bits per heavy atom. The molecule has 1 unspecified atom stereocenters. The lowest BCUT2D eigenvalue weighted by Gasteiger charge is -2.39. The summed E-state index contributed by atoms with van der Waals surface area (Å²) >= 11 is 1.79. The monoisotopic (exact) mass is 457 g/mol. The van der Waals surface area contributed by atoms with Gasteiger partial charge in [0.15, 0.2) is 0 Å². The topological polar surface area (TPSA) is 35.6 Å². The van der Waals surface area contributed by atoms with Crippen LogP contribution in [-0.2, 0) is 0 Å². The number of halogens is 1. The van der Waals surface area contributed by atoms with Crippen molar-refractivity contribution >= 4 is 41.5 Å². The van der Waals surface area contributed by atoms with Gasteiger partial charge >= 0.3 is 0 Å². The van der Waals surface area contributed by atoms with Crippen LogP contribution < -0.4 is 10.2 Å². The van der Waals surface area contributed by atoms with E-state index in [2.05, 4.69) is 58.4 Å². The Kier molecular flexibility index (Phi) is 8.09. The van der Waals surface area contributed by atoms with Gasteiger partial charge in [-0.3, -0.25) is 4.79 Å². The molecule has 2 aliphatic heterocycles. The highest BCUT2D eigenvalue weighted by Crippen LogP contribution is 2.49. The quantitative estimate of drug-likeness (QED) is 0.548. The van der Waals surface area contributed by atoms with Gasteiger partial charge < -0.3 is 15.1 Å². The Bertz CT molecular complexity index is 952. The van der Waals surface area contributed by atoms with Crippen LogP contribution in [0.15, 0.2) is 63.9 Å². The fraction of sp³-hybridized carbons (Fsp3) is 0.400. The lowest BCUT2D eigenvalue weighted by Crippen LogP contribution is -2.40. The van der Waals surface area contributed by atoms with Crippen molar-refractivity contribution in [2.75, 3.05) is 31.1 Å². The maximum absolute atomic E-state index is 12.7. The molecule has 166 valence electrons. The first-order valence-electron chi connectivity index (χ1n) is 10.9. The zero-order chi connectivity index (χ0) is 21.1. The van der Waals surface area contributed by atoms with Crippen LogP contribution >= 0.6 is 24.2 Å². The van der Waals surface area contributed by atoms with Gasteiger partial charge in [0.05, 0.1) is 11.4 Å². The second-order valence-electron chi connectivity index (χ2n) is 8.47. The van der Waals surface area contributed by atoms with Crippen LogP contribution in [0.2, 0.25) is 0 Å². The van der Waals surface area contributed by atoms with Crippen molar-refractivity contribution in [2.24, 2.45) is 0 Å². The molecule has 0 saturated carbocycles. The van der Waals surface area contributed by atoms with Gasteiger partial charge in [0.25, 0.3) is 5.91 Å². The molecule has 0 aliphatic carbocycles. The molecule has 0 bridgehead atoms. The van der Waals surface area contributed by atoms with Crippen molar-refractivity contribution in [1.82, 2.24) is 10.2 Å². The lowest BCUT2D eigenvalue weighted by atomic mass is 10.1. The molecule has 4 nitrogen and oxygen atoms in total. The molecule has 0 spiro atoms. The standard InChI is InChI=1S/C25H31N3OS.ClH/c1-18(2)12-13-26-25(29)20-10-11-24-22(16-20)28(19(3)17-27-14-6-7-15-27)21-8-4-5-9-23(21)30-24;/h4-5,8-12,16,19H,6-7,13-15,17H2,1-3H3,(H,26,29);1H. The highest BCUT2D eigenvalue weighted by Gasteiger charge is 2.29. The van der Waals surface area contributed by atoms with E-state index < -0.39 is 0 Å². The van der Waals surface area contributed by atoms with Gasteiger partial charge in [-0.1, -0.05) is 35.5 Å². The van der Waals surface area contributed by atoms with E-state index in [-0.39, 0.29) is 18.3 Å². The molecular formula is C25H32ClN3OS. The molecular weight excluding hydrogens is 426 g/mol. The number of nitrogens with zero attached hydrogens (tertiary/aromatic N) is 2. The number of allylic oxidation sites excluding steroid dienone is 1. The largest absolute Gasteiger partial charge is 0.349 e. The molecule has 31 heavy (non-hydrogen) atoms. The Hall–Kier alpha value is -1.95.